The summed E-state index contributed by atoms with van der Waals surface area (Å²) in [5.41, 5.74) is -0.385. The van der Waals surface area contributed by atoms with Gasteiger partial charge in [-0.15, -0.1) is 0 Å². The molecule has 9 rings (SSSR count). The van der Waals surface area contributed by atoms with Crippen molar-refractivity contribution in [3.05, 3.63) is 131 Å². The molecule has 3 N–H and O–H groups in total. The zero-order valence-corrected chi connectivity index (χ0v) is 41.5. The van der Waals surface area contributed by atoms with Gasteiger partial charge in [-0.1, -0.05) is 131 Å². The van der Waals surface area contributed by atoms with E-state index >= 15 is 19.2 Å². The standard InChI is InChI=1S/C58H66N4O10/c1-38(2)47(53(65)70-3)59-56(68)61-45-28-23-39(29-32-57(69)30-15-5-6-16-31-57)37-44(45)58(55(61)67)46(52(64)60-33-17-7-4-8-18-34-60)49-54(66)72-50(41-21-13-10-14-22-41)48(40-19-11-9-12-20-40)62(49)51(58)42-24-26-43(27-25-42)71-36-35-63/h9-14,19-28,37-38,46-51,63,69H,4-8,15-18,30-31,33-36H2,1-3H3,(H,59,68)/t46-,47-,48-,49-,50+,51+,58-/m0/s1. The predicted octanol–water partition coefficient (Wildman–Crippen LogP) is 7.86. The third-order valence-electron chi connectivity index (χ3n) is 15.4. The van der Waals surface area contributed by atoms with Crippen LogP contribution in [0.2, 0.25) is 0 Å². The number of carbonyl (C=O) groups is 5. The number of fused-ring (bicyclic) bond motifs is 3. The summed E-state index contributed by atoms with van der Waals surface area (Å²) in [6.07, 6.45) is 8.01. The number of aliphatic hydroxyl groups excluding tert-OH is 1. The number of ether oxygens (including phenoxy) is 3. The van der Waals surface area contributed by atoms with E-state index in [1.54, 1.807) is 49.1 Å². The lowest BCUT2D eigenvalue weighted by molar-refractivity contribution is -0.179. The topological polar surface area (TPSA) is 175 Å². The molecule has 4 aliphatic heterocycles. The van der Waals surface area contributed by atoms with E-state index in [1.807, 2.05) is 77.7 Å². The van der Waals surface area contributed by atoms with Gasteiger partial charge < -0.3 is 34.6 Å². The molecule has 0 aromatic heterocycles. The molecule has 1 saturated carbocycles. The van der Waals surface area contributed by atoms with Crippen LogP contribution in [-0.2, 0) is 34.1 Å². The maximum absolute atomic E-state index is 16.9. The first-order valence-electron chi connectivity index (χ1n) is 25.7. The number of imide groups is 1. The number of carbonyl (C=O) groups excluding carboxylic acids is 5. The molecule has 14 heteroatoms. The number of nitrogens with one attached hydrogen (secondary N) is 1. The van der Waals surface area contributed by atoms with Crippen molar-refractivity contribution >= 4 is 35.5 Å². The minimum Gasteiger partial charge on any atom is -0.491 e. The minimum absolute atomic E-state index is 0.0335. The van der Waals surface area contributed by atoms with Gasteiger partial charge in [-0.25, -0.2) is 14.5 Å². The Bertz CT molecular complexity index is 2670. The van der Waals surface area contributed by atoms with Crippen LogP contribution in [-0.4, -0.2) is 101 Å². The third-order valence-corrected chi connectivity index (χ3v) is 15.4. The number of anilines is 1. The largest absolute Gasteiger partial charge is 0.491 e. The van der Waals surface area contributed by atoms with Crippen LogP contribution in [0.3, 0.4) is 0 Å². The fourth-order valence-corrected chi connectivity index (χ4v) is 12.0. The number of morpholine rings is 1. The van der Waals surface area contributed by atoms with E-state index in [0.29, 0.717) is 53.9 Å². The normalized spacial score (nSPS) is 25.4. The number of benzene rings is 4. The molecule has 7 atom stereocenters. The molecule has 3 saturated heterocycles. The first kappa shape index (κ1) is 50.4. The monoisotopic (exact) mass is 978 g/mol. The molecule has 378 valence electrons. The van der Waals surface area contributed by atoms with Crippen LogP contribution in [0.5, 0.6) is 5.75 Å². The second-order valence-electron chi connectivity index (χ2n) is 20.3. The average molecular weight is 979 g/mol. The maximum Gasteiger partial charge on any atom is 0.329 e. The van der Waals surface area contributed by atoms with Gasteiger partial charge in [-0.3, -0.25) is 19.3 Å². The Kier molecular flexibility index (Phi) is 15.2. The van der Waals surface area contributed by atoms with E-state index in [9.17, 15) is 15.0 Å². The number of nitrogens with zero attached hydrogens (tertiary/aromatic N) is 3. The average Bonchev–Trinajstić information content (AvgIpc) is 3.72. The summed E-state index contributed by atoms with van der Waals surface area (Å²) >= 11 is 0. The number of rotatable bonds is 10. The van der Waals surface area contributed by atoms with Crippen molar-refractivity contribution in [1.29, 1.82) is 0 Å². The number of hydrogen-bond acceptors (Lipinski definition) is 11. The fourth-order valence-electron chi connectivity index (χ4n) is 12.0. The van der Waals surface area contributed by atoms with Crippen LogP contribution < -0.4 is 15.0 Å². The van der Waals surface area contributed by atoms with Crippen LogP contribution in [0.25, 0.3) is 0 Å². The SMILES string of the molecule is COC(=O)[C@@H](NC(=O)N1C(=O)[C@@]2(c3cc(C#CC4(O)CCCCCC4)ccc31)[C@H](C(=O)N1CCCCCCC1)[C@H]1C(=O)O[C@H](c3ccccc3)[C@H](c3ccccc3)N1[C@@H]2c1ccc(OCCO)cc1)C(C)C. The van der Waals surface area contributed by atoms with Crippen LogP contribution in [0.4, 0.5) is 10.5 Å². The number of urea groups is 1. The maximum atomic E-state index is 16.9. The second-order valence-corrected chi connectivity index (χ2v) is 20.3. The van der Waals surface area contributed by atoms with Gasteiger partial charge in [0, 0.05) is 18.7 Å². The zero-order chi connectivity index (χ0) is 50.6. The predicted molar refractivity (Wildman–Crippen MR) is 269 cm³/mol. The van der Waals surface area contributed by atoms with Gasteiger partial charge in [0.05, 0.1) is 37.4 Å². The molecule has 5 aliphatic rings. The highest BCUT2D eigenvalue weighted by atomic mass is 16.6. The molecular weight excluding hydrogens is 913 g/mol. The molecular formula is C58H66N4O10. The van der Waals surface area contributed by atoms with Crippen LogP contribution in [0, 0.1) is 23.7 Å². The lowest BCUT2D eigenvalue weighted by atomic mass is 9.64. The number of likely N-dealkylation sites (tertiary alicyclic amines) is 1. The van der Waals surface area contributed by atoms with E-state index in [-0.39, 0.29) is 18.9 Å². The van der Waals surface area contributed by atoms with E-state index < -0.39 is 82.9 Å². The minimum atomic E-state index is -2.04. The Morgan fingerprint density at radius 2 is 1.42 bits per heavy atom. The summed E-state index contributed by atoms with van der Waals surface area (Å²) in [5, 5.41) is 24.3. The van der Waals surface area contributed by atoms with Gasteiger partial charge in [0.1, 0.15) is 41.6 Å². The van der Waals surface area contributed by atoms with Crippen LogP contribution >= 0.6 is 0 Å². The van der Waals surface area contributed by atoms with Crippen molar-refractivity contribution in [2.75, 3.05) is 38.3 Å². The van der Waals surface area contributed by atoms with Crippen LogP contribution in [0.1, 0.15) is 130 Å². The molecule has 4 fully saturated rings. The number of methoxy groups -OCH3 is 1. The molecule has 0 unspecified atom stereocenters. The molecule has 1 aliphatic carbocycles. The van der Waals surface area contributed by atoms with Crippen molar-refractivity contribution in [2.45, 2.75) is 126 Å². The van der Waals surface area contributed by atoms with Crippen LogP contribution in [0.15, 0.2) is 103 Å². The molecule has 4 heterocycles. The van der Waals surface area contributed by atoms with Gasteiger partial charge >= 0.3 is 18.0 Å². The van der Waals surface area contributed by atoms with Crippen molar-refractivity contribution < 1.29 is 48.4 Å². The van der Waals surface area contributed by atoms with E-state index in [4.69, 9.17) is 14.2 Å². The van der Waals surface area contributed by atoms with E-state index in [2.05, 4.69) is 17.2 Å². The van der Waals surface area contributed by atoms with Gasteiger partial charge in [0.25, 0.3) is 0 Å². The lowest BCUT2D eigenvalue weighted by Gasteiger charge is -2.46. The smallest absolute Gasteiger partial charge is 0.329 e. The number of cyclic esters (lactones) is 1. The second kappa shape index (κ2) is 21.7. The van der Waals surface area contributed by atoms with Gasteiger partial charge in [0.15, 0.2) is 0 Å². The fraction of sp³-hybridized carbons (Fsp3) is 0.466. The van der Waals surface area contributed by atoms with Crippen molar-refractivity contribution in [3.8, 4) is 17.6 Å². The Hall–Kier alpha value is -6.53. The van der Waals surface area contributed by atoms with E-state index in [0.717, 1.165) is 68.3 Å². The summed E-state index contributed by atoms with van der Waals surface area (Å²) in [6.45, 7) is 4.12. The molecule has 1 spiro atoms. The summed E-state index contributed by atoms with van der Waals surface area (Å²) in [6, 6.07) is 25.9. The highest BCUT2D eigenvalue weighted by molar-refractivity contribution is 6.25. The van der Waals surface area contributed by atoms with E-state index in [1.165, 1.54) is 7.11 Å². The Balaban J connectivity index is 1.36. The van der Waals surface area contributed by atoms with Gasteiger partial charge in [-0.05, 0) is 97.0 Å². The van der Waals surface area contributed by atoms with Gasteiger partial charge in [0.2, 0.25) is 11.8 Å². The summed E-state index contributed by atoms with van der Waals surface area (Å²) in [4.78, 5) is 82.2. The first-order chi connectivity index (χ1) is 34.9. The third kappa shape index (κ3) is 9.50. The molecule has 4 amide bonds. The molecule has 72 heavy (non-hydrogen) atoms. The molecule has 4 aromatic rings. The number of esters is 2. The Labute approximate surface area is 422 Å². The summed E-state index contributed by atoms with van der Waals surface area (Å²) < 4.78 is 17.7. The molecule has 4 aromatic carbocycles. The van der Waals surface area contributed by atoms with Crippen molar-refractivity contribution in [3.63, 3.8) is 0 Å². The number of amides is 4. The first-order valence-corrected chi connectivity index (χ1v) is 25.7. The zero-order valence-electron chi connectivity index (χ0n) is 41.5. The molecule has 0 radical (unpaired) electrons. The Morgan fingerprint density at radius 3 is 2.04 bits per heavy atom. The summed E-state index contributed by atoms with van der Waals surface area (Å²) in [7, 11) is 1.23. The number of hydrogen-bond donors (Lipinski definition) is 3. The highest BCUT2D eigenvalue weighted by Crippen LogP contribution is 2.66. The molecule has 14 nitrogen and oxygen atoms in total. The summed E-state index contributed by atoms with van der Waals surface area (Å²) in [5.74, 6) is 2.39. The Morgan fingerprint density at radius 1 is 0.792 bits per heavy atom. The molecule has 0 bridgehead atoms. The van der Waals surface area contributed by atoms with Crippen molar-refractivity contribution in [1.82, 2.24) is 15.1 Å². The number of aliphatic hydroxyl groups is 2. The highest BCUT2D eigenvalue weighted by Gasteiger charge is 2.76. The van der Waals surface area contributed by atoms with Gasteiger partial charge in [-0.2, -0.15) is 0 Å². The lowest BCUT2D eigenvalue weighted by Crippen LogP contribution is -2.58. The quantitative estimate of drug-likeness (QED) is 0.0802. The van der Waals surface area contributed by atoms with Crippen molar-refractivity contribution in [2.24, 2.45) is 11.8 Å².